The van der Waals surface area contributed by atoms with Gasteiger partial charge in [0.1, 0.15) is 0 Å². The second-order valence-electron chi connectivity index (χ2n) is 7.30. The highest BCUT2D eigenvalue weighted by Gasteiger charge is 2.55. The summed E-state index contributed by atoms with van der Waals surface area (Å²) in [5, 5.41) is 3.80. The minimum atomic E-state index is 0.451. The van der Waals surface area contributed by atoms with E-state index in [4.69, 9.17) is 9.47 Å². The lowest BCUT2D eigenvalue weighted by Gasteiger charge is -2.58. The maximum absolute atomic E-state index is 6.01. The standard InChI is InChI=1S/C18H35NO2/c1-4-21-17-13-16(18(17)9-6-5-7-10-18)19-11-8-12-20-14-15(2)3/h15-17,19H,4-14H2,1-3H3. The van der Waals surface area contributed by atoms with E-state index < -0.39 is 0 Å². The molecule has 0 aliphatic heterocycles. The van der Waals surface area contributed by atoms with Crippen LogP contribution in [0.4, 0.5) is 0 Å². The zero-order chi connectivity index (χ0) is 15.1. The summed E-state index contributed by atoms with van der Waals surface area (Å²) in [6.07, 6.45) is 9.75. The third kappa shape index (κ3) is 4.43. The van der Waals surface area contributed by atoms with Crippen molar-refractivity contribution in [3.8, 4) is 0 Å². The van der Waals surface area contributed by atoms with Crippen molar-refractivity contribution in [3.63, 3.8) is 0 Å². The van der Waals surface area contributed by atoms with Gasteiger partial charge in [-0.25, -0.2) is 0 Å². The topological polar surface area (TPSA) is 30.5 Å². The lowest BCUT2D eigenvalue weighted by molar-refractivity contribution is -0.150. The van der Waals surface area contributed by atoms with Crippen LogP contribution >= 0.6 is 0 Å². The van der Waals surface area contributed by atoms with Crippen molar-refractivity contribution < 1.29 is 9.47 Å². The molecule has 21 heavy (non-hydrogen) atoms. The van der Waals surface area contributed by atoms with Crippen LogP contribution in [0.1, 0.15) is 65.7 Å². The maximum atomic E-state index is 6.01. The van der Waals surface area contributed by atoms with E-state index in [9.17, 15) is 0 Å². The van der Waals surface area contributed by atoms with E-state index in [0.717, 1.165) is 32.8 Å². The summed E-state index contributed by atoms with van der Waals surface area (Å²) in [7, 11) is 0. The van der Waals surface area contributed by atoms with E-state index in [2.05, 4.69) is 26.1 Å². The Morgan fingerprint density at radius 1 is 1.19 bits per heavy atom. The van der Waals surface area contributed by atoms with Gasteiger partial charge in [0.25, 0.3) is 0 Å². The Labute approximate surface area is 131 Å². The van der Waals surface area contributed by atoms with Gasteiger partial charge in [-0.05, 0) is 45.1 Å². The molecular formula is C18H35NO2. The van der Waals surface area contributed by atoms with Crippen molar-refractivity contribution in [3.05, 3.63) is 0 Å². The van der Waals surface area contributed by atoms with Crippen LogP contribution < -0.4 is 5.32 Å². The van der Waals surface area contributed by atoms with E-state index >= 15 is 0 Å². The molecule has 2 aliphatic rings. The molecular weight excluding hydrogens is 262 g/mol. The van der Waals surface area contributed by atoms with Crippen LogP contribution in [0.3, 0.4) is 0 Å². The highest BCUT2D eigenvalue weighted by Crippen LogP contribution is 2.53. The molecule has 2 rings (SSSR count). The molecule has 0 amide bonds. The Bertz CT molecular complexity index is 287. The fourth-order valence-electron chi connectivity index (χ4n) is 4.12. The first-order valence-electron chi connectivity index (χ1n) is 9.11. The van der Waals surface area contributed by atoms with Crippen molar-refractivity contribution in [1.82, 2.24) is 5.32 Å². The molecule has 2 aliphatic carbocycles. The van der Waals surface area contributed by atoms with Crippen molar-refractivity contribution >= 4 is 0 Å². The SMILES string of the molecule is CCOC1CC(NCCCOCC(C)C)C12CCCCC2. The highest BCUT2D eigenvalue weighted by atomic mass is 16.5. The lowest BCUT2D eigenvalue weighted by Crippen LogP contribution is -2.64. The van der Waals surface area contributed by atoms with Gasteiger partial charge in [-0.3, -0.25) is 0 Å². The summed E-state index contributed by atoms with van der Waals surface area (Å²) in [6, 6.07) is 0.680. The number of rotatable bonds is 9. The van der Waals surface area contributed by atoms with Gasteiger partial charge < -0.3 is 14.8 Å². The normalized spacial score (nSPS) is 28.0. The van der Waals surface area contributed by atoms with E-state index in [1.54, 1.807) is 0 Å². The van der Waals surface area contributed by atoms with Crippen molar-refractivity contribution in [2.75, 3.05) is 26.4 Å². The molecule has 0 aromatic rings. The Morgan fingerprint density at radius 2 is 1.95 bits per heavy atom. The lowest BCUT2D eigenvalue weighted by atomic mass is 9.55. The van der Waals surface area contributed by atoms with Gasteiger partial charge in [-0.15, -0.1) is 0 Å². The van der Waals surface area contributed by atoms with Crippen molar-refractivity contribution in [2.45, 2.75) is 77.9 Å². The van der Waals surface area contributed by atoms with Crippen LogP contribution in [0, 0.1) is 11.3 Å². The highest BCUT2D eigenvalue weighted by molar-refractivity contribution is 5.08. The summed E-state index contributed by atoms with van der Waals surface area (Å²) in [4.78, 5) is 0. The molecule has 0 aromatic carbocycles. The summed E-state index contributed by atoms with van der Waals surface area (Å²) < 4.78 is 11.7. The van der Waals surface area contributed by atoms with E-state index in [1.165, 1.54) is 38.5 Å². The molecule has 3 nitrogen and oxygen atoms in total. The number of nitrogens with one attached hydrogen (secondary N) is 1. The molecule has 0 bridgehead atoms. The van der Waals surface area contributed by atoms with Crippen LogP contribution in [-0.4, -0.2) is 38.5 Å². The first-order valence-corrected chi connectivity index (χ1v) is 9.11. The molecule has 0 aromatic heterocycles. The average molecular weight is 297 g/mol. The van der Waals surface area contributed by atoms with Crippen LogP contribution in [0.5, 0.6) is 0 Å². The third-order valence-corrected chi connectivity index (χ3v) is 5.24. The fourth-order valence-corrected chi connectivity index (χ4v) is 4.12. The molecule has 0 saturated heterocycles. The van der Waals surface area contributed by atoms with Gasteiger partial charge in [0.15, 0.2) is 0 Å². The van der Waals surface area contributed by atoms with E-state index in [0.29, 0.717) is 23.5 Å². The smallest absolute Gasteiger partial charge is 0.0661 e. The Kier molecular flexibility index (Phi) is 6.97. The van der Waals surface area contributed by atoms with Gasteiger partial charge in [0.05, 0.1) is 6.10 Å². The molecule has 2 unspecified atom stereocenters. The second-order valence-corrected chi connectivity index (χ2v) is 7.30. The van der Waals surface area contributed by atoms with Crippen LogP contribution in [0.25, 0.3) is 0 Å². The third-order valence-electron chi connectivity index (χ3n) is 5.24. The fraction of sp³-hybridized carbons (Fsp3) is 1.00. The zero-order valence-corrected chi connectivity index (χ0v) is 14.3. The summed E-state index contributed by atoms with van der Waals surface area (Å²) in [5.74, 6) is 0.641. The molecule has 0 heterocycles. The number of hydrogen-bond acceptors (Lipinski definition) is 3. The van der Waals surface area contributed by atoms with Crippen molar-refractivity contribution in [1.29, 1.82) is 0 Å². The molecule has 3 heteroatoms. The zero-order valence-electron chi connectivity index (χ0n) is 14.3. The van der Waals surface area contributed by atoms with Gasteiger partial charge in [-0.2, -0.15) is 0 Å². The average Bonchev–Trinajstić information content (AvgIpc) is 2.49. The summed E-state index contributed by atoms with van der Waals surface area (Å²) >= 11 is 0. The first-order chi connectivity index (χ1) is 10.2. The van der Waals surface area contributed by atoms with E-state index in [-0.39, 0.29) is 0 Å². The molecule has 0 radical (unpaired) electrons. The monoisotopic (exact) mass is 297 g/mol. The predicted molar refractivity (Wildman–Crippen MR) is 87.6 cm³/mol. The molecule has 1 spiro atoms. The molecule has 2 fully saturated rings. The second kappa shape index (κ2) is 8.50. The van der Waals surface area contributed by atoms with Crippen LogP contribution in [0.15, 0.2) is 0 Å². The quantitative estimate of drug-likeness (QED) is 0.657. The number of ether oxygens (including phenoxy) is 2. The number of hydrogen-bond donors (Lipinski definition) is 1. The maximum Gasteiger partial charge on any atom is 0.0661 e. The predicted octanol–water partition coefficient (Wildman–Crippen LogP) is 3.77. The summed E-state index contributed by atoms with van der Waals surface area (Å²) in [6.45, 7) is 10.3. The summed E-state index contributed by atoms with van der Waals surface area (Å²) in [5.41, 5.74) is 0.451. The minimum absolute atomic E-state index is 0.451. The molecule has 2 atom stereocenters. The van der Waals surface area contributed by atoms with Crippen LogP contribution in [-0.2, 0) is 9.47 Å². The Morgan fingerprint density at radius 3 is 2.62 bits per heavy atom. The van der Waals surface area contributed by atoms with Gasteiger partial charge in [-0.1, -0.05) is 33.1 Å². The largest absolute Gasteiger partial charge is 0.381 e. The molecule has 1 N–H and O–H groups in total. The first kappa shape index (κ1) is 17.2. The molecule has 2 saturated carbocycles. The Hall–Kier alpha value is -0.120. The van der Waals surface area contributed by atoms with Crippen molar-refractivity contribution in [2.24, 2.45) is 11.3 Å². The Balaban J connectivity index is 1.68. The van der Waals surface area contributed by atoms with Gasteiger partial charge in [0.2, 0.25) is 0 Å². The van der Waals surface area contributed by atoms with Crippen LogP contribution in [0.2, 0.25) is 0 Å². The molecule has 124 valence electrons. The van der Waals surface area contributed by atoms with Gasteiger partial charge in [0, 0.05) is 31.3 Å². The van der Waals surface area contributed by atoms with Gasteiger partial charge >= 0.3 is 0 Å². The minimum Gasteiger partial charge on any atom is -0.381 e. The van der Waals surface area contributed by atoms with E-state index in [1.807, 2.05) is 0 Å².